The number of benzene rings is 1. The average molecular weight is 335 g/mol. The Morgan fingerprint density at radius 1 is 1.22 bits per heavy atom. The summed E-state index contributed by atoms with van der Waals surface area (Å²) in [6, 6.07) is 4.50. The van der Waals surface area contributed by atoms with Crippen LogP contribution in [0.4, 0.5) is 4.39 Å². The highest BCUT2D eigenvalue weighted by Gasteiger charge is 2.28. The fourth-order valence-electron chi connectivity index (χ4n) is 3.59. The molecule has 3 rings (SSSR count). The summed E-state index contributed by atoms with van der Waals surface area (Å²) in [5, 5.41) is 6.85. The first-order valence-electron chi connectivity index (χ1n) is 8.02. The van der Waals surface area contributed by atoms with E-state index in [-0.39, 0.29) is 22.1 Å². The van der Waals surface area contributed by atoms with E-state index >= 15 is 0 Å². The minimum Gasteiger partial charge on any atom is -0.267 e. The van der Waals surface area contributed by atoms with Gasteiger partial charge in [0.2, 0.25) is 0 Å². The molecule has 0 bridgehead atoms. The lowest BCUT2D eigenvalue weighted by atomic mass is 9.77. The third-order valence-corrected chi connectivity index (χ3v) is 5.16. The fraction of sp³-hybridized carbons (Fsp3) is 0.444. The number of rotatable bonds is 2. The number of hydrogen-bond donors (Lipinski definition) is 1. The predicted octanol–water partition coefficient (Wildman–Crippen LogP) is 4.83. The summed E-state index contributed by atoms with van der Waals surface area (Å²) in [4.78, 5) is 12.5. The Morgan fingerprint density at radius 3 is 2.57 bits per heavy atom. The molecule has 1 heterocycles. The van der Waals surface area contributed by atoms with Crippen molar-refractivity contribution in [2.24, 2.45) is 5.92 Å². The van der Waals surface area contributed by atoms with E-state index in [1.165, 1.54) is 6.07 Å². The molecule has 2 aromatic rings. The van der Waals surface area contributed by atoms with Crippen LogP contribution >= 0.6 is 11.6 Å². The molecular formula is C18H20ClFN2O. The quantitative estimate of drug-likeness (QED) is 0.854. The molecule has 0 saturated heterocycles. The highest BCUT2D eigenvalue weighted by molar-refractivity contribution is 6.33. The number of nitrogens with zero attached hydrogens (tertiary/aromatic N) is 1. The molecule has 1 aliphatic carbocycles. The summed E-state index contributed by atoms with van der Waals surface area (Å²) >= 11 is 6.21. The Hall–Kier alpha value is -1.68. The molecule has 23 heavy (non-hydrogen) atoms. The van der Waals surface area contributed by atoms with Crippen molar-refractivity contribution in [2.75, 3.05) is 0 Å². The number of aryl methyl sites for hydroxylation is 1. The van der Waals surface area contributed by atoms with Crippen molar-refractivity contribution in [2.45, 2.75) is 45.4 Å². The minimum absolute atomic E-state index is 0.189. The Kier molecular flexibility index (Phi) is 4.53. The van der Waals surface area contributed by atoms with Gasteiger partial charge in [-0.3, -0.25) is 4.79 Å². The van der Waals surface area contributed by atoms with Crippen molar-refractivity contribution in [1.29, 1.82) is 0 Å². The zero-order valence-corrected chi connectivity index (χ0v) is 14.1. The molecule has 1 fully saturated rings. The van der Waals surface area contributed by atoms with E-state index in [0.717, 1.165) is 36.9 Å². The van der Waals surface area contributed by atoms with Gasteiger partial charge >= 0.3 is 0 Å². The van der Waals surface area contributed by atoms with Crippen molar-refractivity contribution in [1.82, 2.24) is 10.2 Å². The third-order valence-electron chi connectivity index (χ3n) is 4.85. The van der Waals surface area contributed by atoms with E-state index in [2.05, 4.69) is 17.1 Å². The lowest BCUT2D eigenvalue weighted by Gasteiger charge is -2.28. The van der Waals surface area contributed by atoms with Crippen LogP contribution in [0.3, 0.4) is 0 Å². The maximum Gasteiger partial charge on any atom is 0.272 e. The number of aromatic amines is 1. The molecule has 0 spiro atoms. The summed E-state index contributed by atoms with van der Waals surface area (Å²) in [6.07, 6.45) is 4.21. The molecule has 0 radical (unpaired) electrons. The van der Waals surface area contributed by atoms with Crippen LogP contribution in [-0.4, -0.2) is 10.2 Å². The Labute approximate surface area is 139 Å². The van der Waals surface area contributed by atoms with Gasteiger partial charge in [0.15, 0.2) is 0 Å². The van der Waals surface area contributed by atoms with Gasteiger partial charge in [-0.15, -0.1) is 0 Å². The van der Waals surface area contributed by atoms with Gasteiger partial charge in [-0.2, -0.15) is 5.10 Å². The molecule has 0 aliphatic heterocycles. The zero-order chi connectivity index (χ0) is 16.6. The summed E-state index contributed by atoms with van der Waals surface area (Å²) in [6.45, 7) is 4.11. The van der Waals surface area contributed by atoms with Gasteiger partial charge in [0, 0.05) is 5.56 Å². The van der Waals surface area contributed by atoms with E-state index in [1.807, 2.05) is 6.92 Å². The van der Waals surface area contributed by atoms with Crippen LogP contribution in [0.1, 0.15) is 49.8 Å². The molecule has 0 amide bonds. The number of nitrogens with one attached hydrogen (secondary N) is 1. The largest absolute Gasteiger partial charge is 0.272 e. The molecule has 122 valence electrons. The van der Waals surface area contributed by atoms with Gasteiger partial charge in [0.25, 0.3) is 5.56 Å². The van der Waals surface area contributed by atoms with Crippen LogP contribution in [0.5, 0.6) is 0 Å². The maximum absolute atomic E-state index is 14.4. The molecule has 3 nitrogen and oxygen atoms in total. The fourth-order valence-corrected chi connectivity index (χ4v) is 3.84. The highest BCUT2D eigenvalue weighted by Crippen LogP contribution is 2.41. The van der Waals surface area contributed by atoms with Crippen LogP contribution in [0.2, 0.25) is 5.02 Å². The van der Waals surface area contributed by atoms with E-state index < -0.39 is 5.82 Å². The Balaban J connectivity index is 2.21. The van der Waals surface area contributed by atoms with Gasteiger partial charge in [-0.05, 0) is 49.3 Å². The third kappa shape index (κ3) is 3.05. The van der Waals surface area contributed by atoms with Gasteiger partial charge in [-0.25, -0.2) is 9.49 Å². The standard InChI is InChI=1S/C18H20ClFN2O/c1-10-6-8-12(9-7-10)15-11(2)21-22-18(23)17(15)16-13(19)4-3-5-14(16)20/h3-5,10,12H,6-9H2,1-2H3,(H,22,23). The first kappa shape index (κ1) is 16.2. The molecule has 5 heteroatoms. The molecular weight excluding hydrogens is 315 g/mol. The van der Waals surface area contributed by atoms with Crippen molar-refractivity contribution in [3.63, 3.8) is 0 Å². The van der Waals surface area contributed by atoms with Crippen molar-refractivity contribution < 1.29 is 4.39 Å². The topological polar surface area (TPSA) is 45.8 Å². The number of halogens is 2. The van der Waals surface area contributed by atoms with Gasteiger partial charge < -0.3 is 0 Å². The molecule has 0 unspecified atom stereocenters. The number of hydrogen-bond acceptors (Lipinski definition) is 2. The summed E-state index contributed by atoms with van der Waals surface area (Å²) in [7, 11) is 0. The van der Waals surface area contributed by atoms with Crippen molar-refractivity contribution >= 4 is 11.6 Å². The van der Waals surface area contributed by atoms with Crippen LogP contribution in [0, 0.1) is 18.7 Å². The SMILES string of the molecule is Cc1n[nH]c(=O)c(-c2c(F)cccc2Cl)c1C1CCC(C)CC1. The monoisotopic (exact) mass is 334 g/mol. The van der Waals surface area contributed by atoms with Gasteiger partial charge in [0.05, 0.1) is 16.3 Å². The molecule has 1 aliphatic rings. The van der Waals surface area contributed by atoms with E-state index in [1.54, 1.807) is 12.1 Å². The van der Waals surface area contributed by atoms with E-state index in [9.17, 15) is 9.18 Å². The van der Waals surface area contributed by atoms with E-state index in [0.29, 0.717) is 11.5 Å². The lowest BCUT2D eigenvalue weighted by Crippen LogP contribution is -2.21. The second-order valence-electron chi connectivity index (χ2n) is 6.48. The first-order chi connectivity index (χ1) is 11.0. The summed E-state index contributed by atoms with van der Waals surface area (Å²) < 4.78 is 14.4. The van der Waals surface area contributed by atoms with E-state index in [4.69, 9.17) is 11.6 Å². The van der Waals surface area contributed by atoms with Gasteiger partial charge in [-0.1, -0.05) is 37.4 Å². The Bertz CT molecular complexity index is 759. The number of aromatic nitrogens is 2. The Morgan fingerprint density at radius 2 is 1.91 bits per heavy atom. The lowest BCUT2D eigenvalue weighted by molar-refractivity contribution is 0.346. The van der Waals surface area contributed by atoms with Crippen LogP contribution < -0.4 is 5.56 Å². The summed E-state index contributed by atoms with van der Waals surface area (Å²) in [5.41, 5.74) is 1.76. The molecule has 1 N–H and O–H groups in total. The predicted molar refractivity (Wildman–Crippen MR) is 90.4 cm³/mol. The number of H-pyrrole nitrogens is 1. The minimum atomic E-state index is -0.473. The zero-order valence-electron chi connectivity index (χ0n) is 13.3. The molecule has 0 atom stereocenters. The maximum atomic E-state index is 14.4. The first-order valence-corrected chi connectivity index (χ1v) is 8.40. The average Bonchev–Trinajstić information content (AvgIpc) is 2.52. The smallest absolute Gasteiger partial charge is 0.267 e. The normalized spacial score (nSPS) is 21.4. The second kappa shape index (κ2) is 6.44. The second-order valence-corrected chi connectivity index (χ2v) is 6.89. The molecule has 1 aromatic heterocycles. The van der Waals surface area contributed by atoms with Gasteiger partial charge in [0.1, 0.15) is 5.82 Å². The van der Waals surface area contributed by atoms with Crippen LogP contribution in [0.15, 0.2) is 23.0 Å². The molecule has 1 saturated carbocycles. The van der Waals surface area contributed by atoms with Crippen molar-refractivity contribution in [3.8, 4) is 11.1 Å². The molecule has 1 aromatic carbocycles. The highest BCUT2D eigenvalue weighted by atomic mass is 35.5. The van der Waals surface area contributed by atoms with Crippen LogP contribution in [0.25, 0.3) is 11.1 Å². The van der Waals surface area contributed by atoms with Crippen molar-refractivity contribution in [3.05, 3.63) is 50.7 Å². The van der Waals surface area contributed by atoms with Crippen LogP contribution in [-0.2, 0) is 0 Å². The summed E-state index contributed by atoms with van der Waals surface area (Å²) in [5.74, 6) is 0.452.